The third-order valence-corrected chi connectivity index (χ3v) is 2.90. The van der Waals surface area contributed by atoms with Gasteiger partial charge in [-0.25, -0.2) is 8.78 Å². The summed E-state index contributed by atoms with van der Waals surface area (Å²) < 4.78 is 29.1. The molecule has 0 spiro atoms. The van der Waals surface area contributed by atoms with Crippen molar-refractivity contribution < 1.29 is 13.6 Å². The molecule has 0 amide bonds. The molecule has 2 aromatic rings. The van der Waals surface area contributed by atoms with Crippen molar-refractivity contribution in [3.05, 3.63) is 52.9 Å². The van der Waals surface area contributed by atoms with Crippen LogP contribution in [0.1, 0.15) is 35.0 Å². The van der Waals surface area contributed by atoms with Crippen LogP contribution in [0.5, 0.6) is 0 Å². The molecule has 0 aliphatic rings. The molecule has 0 atom stereocenters. The molecule has 0 aliphatic carbocycles. The van der Waals surface area contributed by atoms with Gasteiger partial charge in [0, 0.05) is 12.7 Å². The molecular formula is C14H14F2N2O. The average Bonchev–Trinajstić information content (AvgIpc) is 2.83. The number of aromatic nitrogens is 2. The summed E-state index contributed by atoms with van der Waals surface area (Å²) in [4.78, 5) is 12.3. The predicted molar refractivity (Wildman–Crippen MR) is 67.0 cm³/mol. The van der Waals surface area contributed by atoms with Gasteiger partial charge in [0.15, 0.2) is 0 Å². The van der Waals surface area contributed by atoms with E-state index < -0.39 is 23.0 Å². The Kier molecular flexibility index (Phi) is 3.74. The summed E-state index contributed by atoms with van der Waals surface area (Å²) in [6.45, 7) is 3.96. The van der Waals surface area contributed by atoms with Gasteiger partial charge in [-0.2, -0.15) is 5.10 Å². The number of hydrogen-bond donors (Lipinski definition) is 0. The molecule has 3 nitrogen and oxygen atoms in total. The first-order valence-corrected chi connectivity index (χ1v) is 6.07. The minimum Gasteiger partial charge on any atom is -0.287 e. The van der Waals surface area contributed by atoms with Crippen LogP contribution in [0.15, 0.2) is 24.4 Å². The van der Waals surface area contributed by atoms with Crippen molar-refractivity contribution >= 4 is 5.78 Å². The number of halogens is 2. The fourth-order valence-electron chi connectivity index (χ4n) is 1.91. The van der Waals surface area contributed by atoms with E-state index in [1.54, 1.807) is 0 Å². The number of carbonyl (C=O) groups excluding carboxylic acids is 1. The van der Waals surface area contributed by atoms with Gasteiger partial charge in [0.2, 0.25) is 5.78 Å². The molecule has 100 valence electrons. The first-order valence-electron chi connectivity index (χ1n) is 6.07. The highest BCUT2D eigenvalue weighted by atomic mass is 19.1. The van der Waals surface area contributed by atoms with Crippen molar-refractivity contribution in [1.82, 2.24) is 9.78 Å². The van der Waals surface area contributed by atoms with Crippen molar-refractivity contribution in [3.8, 4) is 0 Å². The number of aryl methyl sites for hydroxylation is 2. The fraction of sp³-hybridized carbons (Fsp3) is 0.286. The van der Waals surface area contributed by atoms with Crippen LogP contribution in [-0.2, 0) is 6.54 Å². The first-order chi connectivity index (χ1) is 9.06. The second-order valence-corrected chi connectivity index (χ2v) is 4.32. The van der Waals surface area contributed by atoms with E-state index in [1.807, 2.05) is 6.92 Å². The van der Waals surface area contributed by atoms with Crippen LogP contribution in [0.25, 0.3) is 0 Å². The molecule has 0 radical (unpaired) electrons. The Morgan fingerprint density at radius 1 is 1.32 bits per heavy atom. The maximum absolute atomic E-state index is 13.9. The molecule has 1 aromatic carbocycles. The number of rotatable bonds is 4. The van der Waals surface area contributed by atoms with Crippen molar-refractivity contribution in [2.75, 3.05) is 0 Å². The van der Waals surface area contributed by atoms with Gasteiger partial charge in [-0.1, -0.05) is 13.0 Å². The van der Waals surface area contributed by atoms with Gasteiger partial charge in [0.1, 0.15) is 17.3 Å². The zero-order valence-electron chi connectivity index (χ0n) is 10.8. The van der Waals surface area contributed by atoms with Crippen LogP contribution in [0.4, 0.5) is 8.78 Å². The van der Waals surface area contributed by atoms with E-state index in [1.165, 1.54) is 29.9 Å². The van der Waals surface area contributed by atoms with Gasteiger partial charge in [0.05, 0.1) is 5.56 Å². The lowest BCUT2D eigenvalue weighted by Gasteiger charge is -2.08. The summed E-state index contributed by atoms with van der Waals surface area (Å²) in [5.74, 6) is -2.34. The molecule has 0 unspecified atom stereocenters. The largest absolute Gasteiger partial charge is 0.287 e. The molecule has 1 heterocycles. The average molecular weight is 264 g/mol. The number of hydrogen-bond acceptors (Lipinski definition) is 2. The van der Waals surface area contributed by atoms with E-state index in [2.05, 4.69) is 5.10 Å². The van der Waals surface area contributed by atoms with Crippen LogP contribution in [0, 0.1) is 18.6 Å². The van der Waals surface area contributed by atoms with Gasteiger partial charge in [-0.3, -0.25) is 9.48 Å². The highest BCUT2D eigenvalue weighted by Crippen LogP contribution is 2.20. The molecule has 0 fully saturated rings. The van der Waals surface area contributed by atoms with E-state index in [-0.39, 0.29) is 11.3 Å². The summed E-state index contributed by atoms with van der Waals surface area (Å²) in [6, 6.07) is 3.89. The van der Waals surface area contributed by atoms with Gasteiger partial charge in [-0.15, -0.1) is 0 Å². The Hall–Kier alpha value is -2.04. The Balaban J connectivity index is 2.50. The monoisotopic (exact) mass is 264 g/mol. The van der Waals surface area contributed by atoms with Crippen molar-refractivity contribution in [1.29, 1.82) is 0 Å². The van der Waals surface area contributed by atoms with E-state index in [0.29, 0.717) is 6.54 Å². The Morgan fingerprint density at radius 3 is 2.74 bits per heavy atom. The normalized spacial score (nSPS) is 10.7. The van der Waals surface area contributed by atoms with Gasteiger partial charge in [-0.05, 0) is 31.0 Å². The number of nitrogens with zero attached hydrogens (tertiary/aromatic N) is 2. The number of carbonyl (C=O) groups is 1. The maximum atomic E-state index is 13.9. The third-order valence-electron chi connectivity index (χ3n) is 2.90. The molecule has 0 N–H and O–H groups in total. The van der Waals surface area contributed by atoms with Crippen molar-refractivity contribution in [3.63, 3.8) is 0 Å². The second kappa shape index (κ2) is 5.30. The van der Waals surface area contributed by atoms with E-state index in [4.69, 9.17) is 0 Å². The molecule has 0 saturated carbocycles. The topological polar surface area (TPSA) is 34.9 Å². The summed E-state index contributed by atoms with van der Waals surface area (Å²) in [7, 11) is 0. The van der Waals surface area contributed by atoms with Gasteiger partial charge >= 0.3 is 0 Å². The predicted octanol–water partition coefficient (Wildman–Crippen LogP) is 3.11. The molecule has 5 heteroatoms. The lowest BCUT2D eigenvalue weighted by atomic mass is 10.0. The lowest BCUT2D eigenvalue weighted by molar-refractivity contribution is 0.102. The molecule has 19 heavy (non-hydrogen) atoms. The SMILES string of the molecule is CCCn1nccc1C(=O)c1c(F)ccc(C)c1F. The molecular weight excluding hydrogens is 250 g/mol. The molecule has 1 aromatic heterocycles. The summed E-state index contributed by atoms with van der Waals surface area (Å²) >= 11 is 0. The van der Waals surface area contributed by atoms with Crippen LogP contribution in [0.3, 0.4) is 0 Å². The lowest BCUT2D eigenvalue weighted by Crippen LogP contribution is -2.15. The first kappa shape index (κ1) is 13.4. The van der Waals surface area contributed by atoms with Crippen LogP contribution >= 0.6 is 0 Å². The zero-order chi connectivity index (χ0) is 14.0. The van der Waals surface area contributed by atoms with E-state index in [0.717, 1.165) is 12.5 Å². The summed E-state index contributed by atoms with van der Waals surface area (Å²) in [6.07, 6.45) is 2.23. The fourth-order valence-corrected chi connectivity index (χ4v) is 1.91. The van der Waals surface area contributed by atoms with Gasteiger partial charge < -0.3 is 0 Å². The molecule has 0 aliphatic heterocycles. The van der Waals surface area contributed by atoms with E-state index >= 15 is 0 Å². The maximum Gasteiger partial charge on any atom is 0.216 e. The Bertz CT molecular complexity index is 620. The van der Waals surface area contributed by atoms with Crippen molar-refractivity contribution in [2.45, 2.75) is 26.8 Å². The van der Waals surface area contributed by atoms with Gasteiger partial charge in [0.25, 0.3) is 0 Å². The molecule has 0 bridgehead atoms. The Labute approximate surface area is 109 Å². The summed E-state index contributed by atoms with van der Waals surface area (Å²) in [5.41, 5.74) is -0.0746. The third kappa shape index (κ3) is 2.41. The molecule has 2 rings (SSSR count). The smallest absolute Gasteiger partial charge is 0.216 e. The highest BCUT2D eigenvalue weighted by Gasteiger charge is 2.23. The minimum absolute atomic E-state index is 0.199. The quantitative estimate of drug-likeness (QED) is 0.795. The number of ketones is 1. The standard InChI is InChI=1S/C14H14F2N2O/c1-3-8-18-11(6-7-17-18)14(19)12-10(15)5-4-9(2)13(12)16/h4-7H,3,8H2,1-2H3. The van der Waals surface area contributed by atoms with Crippen LogP contribution < -0.4 is 0 Å². The molecule has 0 saturated heterocycles. The number of benzene rings is 1. The Morgan fingerprint density at radius 2 is 2.05 bits per heavy atom. The zero-order valence-corrected chi connectivity index (χ0v) is 10.8. The van der Waals surface area contributed by atoms with Crippen LogP contribution in [0.2, 0.25) is 0 Å². The van der Waals surface area contributed by atoms with Crippen LogP contribution in [-0.4, -0.2) is 15.6 Å². The van der Waals surface area contributed by atoms with E-state index in [9.17, 15) is 13.6 Å². The second-order valence-electron chi connectivity index (χ2n) is 4.32. The van der Waals surface area contributed by atoms with Crippen molar-refractivity contribution in [2.24, 2.45) is 0 Å². The summed E-state index contributed by atoms with van der Waals surface area (Å²) in [5, 5.41) is 3.99. The highest BCUT2D eigenvalue weighted by molar-refractivity contribution is 6.08. The minimum atomic E-state index is -0.850.